The lowest BCUT2D eigenvalue weighted by Crippen LogP contribution is -2.40. The second-order valence-electron chi connectivity index (χ2n) is 8.26. The molecule has 180 valence electrons. The van der Waals surface area contributed by atoms with Crippen molar-refractivity contribution >= 4 is 26.9 Å². The van der Waals surface area contributed by atoms with Gasteiger partial charge in [0.1, 0.15) is 0 Å². The molecule has 4 rings (SSSR count). The third-order valence-corrected chi connectivity index (χ3v) is 7.90. The highest BCUT2D eigenvalue weighted by Crippen LogP contribution is 2.34. The Morgan fingerprint density at radius 1 is 1.03 bits per heavy atom. The number of pyridine rings is 1. The molecule has 0 saturated carbocycles. The van der Waals surface area contributed by atoms with Gasteiger partial charge in [0, 0.05) is 30.1 Å². The number of H-pyrrole nitrogens is 1. The minimum absolute atomic E-state index is 0.0699. The van der Waals surface area contributed by atoms with E-state index in [1.807, 2.05) is 0 Å². The van der Waals surface area contributed by atoms with Crippen molar-refractivity contribution in [3.63, 3.8) is 0 Å². The summed E-state index contributed by atoms with van der Waals surface area (Å²) < 4.78 is 67.2. The maximum Gasteiger partial charge on any atom is 0.417 e. The maximum absolute atomic E-state index is 13.4. The lowest BCUT2D eigenvalue weighted by Gasteiger charge is -2.29. The first-order valence-electron chi connectivity index (χ1n) is 10.5. The second kappa shape index (κ2) is 8.88. The van der Waals surface area contributed by atoms with Crippen LogP contribution in [0.25, 0.3) is 10.9 Å². The number of hydrogen-bond donors (Lipinski definition) is 2. The highest BCUT2D eigenvalue weighted by molar-refractivity contribution is 7.89. The molecular formula is C23H21F3N2O5S. The molecule has 0 spiro atoms. The van der Waals surface area contributed by atoms with E-state index in [1.54, 1.807) is 18.2 Å². The maximum atomic E-state index is 13.4. The van der Waals surface area contributed by atoms with Gasteiger partial charge in [-0.1, -0.05) is 18.2 Å². The van der Waals surface area contributed by atoms with Crippen LogP contribution in [0.4, 0.5) is 13.2 Å². The van der Waals surface area contributed by atoms with Crippen molar-refractivity contribution < 1.29 is 31.5 Å². The standard InChI is InChI=1S/C23H21F3N2O5S/c24-23(25,26)19-13-21(29)27-20-6-3-15(12-18(19)20)11-14-1-4-17(5-2-14)34(32,33)28-9-7-16(8-10-28)22(30)31/h1-6,12-13,16H,7-11H2,(H,27,29)(H,30,31). The van der Waals surface area contributed by atoms with Crippen LogP contribution in [0.1, 0.15) is 29.5 Å². The molecule has 0 aliphatic carbocycles. The lowest BCUT2D eigenvalue weighted by molar-refractivity contribution is -0.143. The van der Waals surface area contributed by atoms with Crippen molar-refractivity contribution in [2.24, 2.45) is 5.92 Å². The number of fused-ring (bicyclic) bond motifs is 1. The van der Waals surface area contributed by atoms with Crippen LogP contribution in [0.3, 0.4) is 0 Å². The van der Waals surface area contributed by atoms with Gasteiger partial charge in [-0.3, -0.25) is 9.59 Å². The normalized spacial score (nSPS) is 16.1. The molecule has 1 aliphatic rings. The van der Waals surface area contributed by atoms with Gasteiger partial charge in [-0.25, -0.2) is 8.42 Å². The fourth-order valence-corrected chi connectivity index (χ4v) is 5.62. The molecule has 1 fully saturated rings. The van der Waals surface area contributed by atoms with E-state index in [-0.39, 0.29) is 48.2 Å². The first kappa shape index (κ1) is 24.0. The number of carbonyl (C=O) groups is 1. The summed E-state index contributed by atoms with van der Waals surface area (Å²) in [7, 11) is -3.77. The van der Waals surface area contributed by atoms with E-state index >= 15 is 0 Å². The second-order valence-corrected chi connectivity index (χ2v) is 10.2. The minimum Gasteiger partial charge on any atom is -0.481 e. The molecule has 0 unspecified atom stereocenters. The monoisotopic (exact) mass is 494 g/mol. The molecule has 0 bridgehead atoms. The highest BCUT2D eigenvalue weighted by atomic mass is 32.2. The Bertz CT molecular complexity index is 1390. The van der Waals surface area contributed by atoms with E-state index in [2.05, 4.69) is 4.98 Å². The summed E-state index contributed by atoms with van der Waals surface area (Å²) in [4.78, 5) is 25.1. The molecule has 1 saturated heterocycles. The van der Waals surface area contributed by atoms with Gasteiger partial charge in [0.15, 0.2) is 0 Å². The van der Waals surface area contributed by atoms with Crippen molar-refractivity contribution in [3.8, 4) is 0 Å². The molecule has 2 N–H and O–H groups in total. The zero-order chi connectivity index (χ0) is 24.7. The van der Waals surface area contributed by atoms with Gasteiger partial charge in [0.2, 0.25) is 15.6 Å². The number of carboxylic acids is 1. The summed E-state index contributed by atoms with van der Waals surface area (Å²) >= 11 is 0. The molecule has 7 nitrogen and oxygen atoms in total. The van der Waals surface area contributed by atoms with Gasteiger partial charge in [0.05, 0.1) is 16.4 Å². The van der Waals surface area contributed by atoms with Crippen molar-refractivity contribution in [2.45, 2.75) is 30.3 Å². The Kier molecular flexibility index (Phi) is 6.26. The number of halogens is 3. The summed E-state index contributed by atoms with van der Waals surface area (Å²) in [6.45, 7) is 0.254. The topological polar surface area (TPSA) is 108 Å². The zero-order valence-corrected chi connectivity index (χ0v) is 18.6. The predicted octanol–water partition coefficient (Wildman–Crippen LogP) is 3.62. The minimum atomic E-state index is -4.68. The fourth-order valence-electron chi connectivity index (χ4n) is 4.15. The third-order valence-electron chi connectivity index (χ3n) is 5.99. The van der Waals surface area contributed by atoms with Crippen LogP contribution in [0.2, 0.25) is 0 Å². The summed E-state index contributed by atoms with van der Waals surface area (Å²) in [6.07, 6.45) is -3.92. The van der Waals surface area contributed by atoms with Gasteiger partial charge >= 0.3 is 12.1 Å². The number of benzene rings is 2. The molecule has 34 heavy (non-hydrogen) atoms. The van der Waals surface area contributed by atoms with Crippen molar-refractivity contribution in [2.75, 3.05) is 13.1 Å². The summed E-state index contributed by atoms with van der Waals surface area (Å²) in [5.74, 6) is -1.48. The number of aromatic nitrogens is 1. The van der Waals surface area contributed by atoms with Crippen molar-refractivity contribution in [1.29, 1.82) is 0 Å². The number of nitrogens with zero attached hydrogens (tertiary/aromatic N) is 1. The van der Waals surface area contributed by atoms with Gasteiger partial charge < -0.3 is 10.1 Å². The van der Waals surface area contributed by atoms with E-state index in [4.69, 9.17) is 5.11 Å². The number of aliphatic carboxylic acids is 1. The van der Waals surface area contributed by atoms with Crippen LogP contribution in [0, 0.1) is 5.92 Å². The number of piperidine rings is 1. The average Bonchev–Trinajstić information content (AvgIpc) is 2.78. The number of alkyl halides is 3. The van der Waals surface area contributed by atoms with Crippen LogP contribution >= 0.6 is 0 Å². The molecule has 1 aromatic heterocycles. The molecule has 2 heterocycles. The number of nitrogens with one attached hydrogen (secondary N) is 1. The number of aromatic amines is 1. The summed E-state index contributed by atoms with van der Waals surface area (Å²) in [5.41, 5.74) is -0.508. The molecule has 3 aromatic rings. The van der Waals surface area contributed by atoms with E-state index in [0.717, 1.165) is 0 Å². The van der Waals surface area contributed by atoms with Gasteiger partial charge in [0.25, 0.3) is 0 Å². The van der Waals surface area contributed by atoms with Gasteiger partial charge in [-0.15, -0.1) is 0 Å². The van der Waals surface area contributed by atoms with E-state index in [1.165, 1.54) is 28.6 Å². The van der Waals surface area contributed by atoms with Crippen LogP contribution in [0.5, 0.6) is 0 Å². The molecule has 1 aliphatic heterocycles. The van der Waals surface area contributed by atoms with Crippen LogP contribution in [0.15, 0.2) is 58.2 Å². The smallest absolute Gasteiger partial charge is 0.417 e. The van der Waals surface area contributed by atoms with Crippen LogP contribution < -0.4 is 5.56 Å². The predicted molar refractivity (Wildman–Crippen MR) is 118 cm³/mol. The van der Waals surface area contributed by atoms with Crippen molar-refractivity contribution in [1.82, 2.24) is 9.29 Å². The zero-order valence-electron chi connectivity index (χ0n) is 17.8. The van der Waals surface area contributed by atoms with Crippen LogP contribution in [-0.2, 0) is 27.4 Å². The van der Waals surface area contributed by atoms with E-state index < -0.39 is 39.2 Å². The van der Waals surface area contributed by atoms with E-state index in [0.29, 0.717) is 17.2 Å². The molecule has 0 radical (unpaired) electrons. The lowest BCUT2D eigenvalue weighted by atomic mass is 9.99. The quantitative estimate of drug-likeness (QED) is 0.563. The van der Waals surface area contributed by atoms with Crippen LogP contribution in [-0.4, -0.2) is 41.9 Å². The average molecular weight is 494 g/mol. The van der Waals surface area contributed by atoms with Gasteiger partial charge in [-0.05, 0) is 54.7 Å². The number of rotatable bonds is 5. The number of hydrogen-bond acceptors (Lipinski definition) is 4. The summed E-state index contributed by atoms with van der Waals surface area (Å²) in [5, 5.41) is 8.97. The highest BCUT2D eigenvalue weighted by Gasteiger charge is 2.34. The summed E-state index contributed by atoms with van der Waals surface area (Å²) in [6, 6.07) is 11.0. The molecule has 11 heteroatoms. The first-order chi connectivity index (χ1) is 15.9. The molecule has 0 atom stereocenters. The Hall–Kier alpha value is -3.18. The Balaban J connectivity index is 1.54. The van der Waals surface area contributed by atoms with Gasteiger partial charge in [-0.2, -0.15) is 17.5 Å². The Morgan fingerprint density at radius 2 is 1.65 bits per heavy atom. The molecule has 2 aromatic carbocycles. The fraction of sp³-hybridized carbons (Fsp3) is 0.304. The largest absolute Gasteiger partial charge is 0.481 e. The Labute approximate surface area is 192 Å². The molecule has 0 amide bonds. The first-order valence-corrected chi connectivity index (χ1v) is 11.9. The molecular weight excluding hydrogens is 473 g/mol. The Morgan fingerprint density at radius 3 is 2.24 bits per heavy atom. The number of sulfonamides is 1. The third kappa shape index (κ3) is 4.85. The van der Waals surface area contributed by atoms with E-state index in [9.17, 15) is 31.2 Å². The SMILES string of the molecule is O=C(O)C1CCN(S(=O)(=O)c2ccc(Cc3ccc4[nH]c(=O)cc(C(F)(F)F)c4c3)cc2)CC1. The van der Waals surface area contributed by atoms with Crippen molar-refractivity contribution in [3.05, 3.63) is 75.6 Å². The number of carboxylic acid groups (broad SMARTS) is 1.